The van der Waals surface area contributed by atoms with Crippen LogP contribution in [0, 0.1) is 2.88 Å². The molecule has 0 radical (unpaired) electrons. The van der Waals surface area contributed by atoms with Gasteiger partial charge in [-0.1, -0.05) is 41.7 Å². The summed E-state index contributed by atoms with van der Waals surface area (Å²) in [7, 11) is 0. The highest BCUT2D eigenvalue weighted by Gasteiger charge is 2.27. The number of ether oxygens (including phenoxy) is 1. The summed E-state index contributed by atoms with van der Waals surface area (Å²) >= 11 is 7.32. The lowest BCUT2D eigenvalue weighted by Gasteiger charge is -2.26. The molecule has 4 aromatic rings. The van der Waals surface area contributed by atoms with E-state index in [2.05, 4.69) is 33.6 Å². The van der Waals surface area contributed by atoms with Gasteiger partial charge in [-0.05, 0) is 59.2 Å². The fourth-order valence-corrected chi connectivity index (χ4v) is 6.86. The second-order valence-corrected chi connectivity index (χ2v) is 11.8. The molecule has 0 bridgehead atoms. The summed E-state index contributed by atoms with van der Waals surface area (Å²) in [6, 6.07) is 15.9. The first-order chi connectivity index (χ1) is 15.1. The van der Waals surface area contributed by atoms with Crippen LogP contribution in [0.4, 0.5) is 5.82 Å². The van der Waals surface area contributed by atoms with E-state index >= 15 is 0 Å². The van der Waals surface area contributed by atoms with Crippen molar-refractivity contribution in [3.63, 3.8) is 0 Å². The van der Waals surface area contributed by atoms with Gasteiger partial charge >= 0.3 is 0 Å². The molecular formula is C22H17IN4OS3. The number of nitrogens with zero attached hydrogens (tertiary/aromatic N) is 3. The van der Waals surface area contributed by atoms with Crippen molar-refractivity contribution in [1.29, 1.82) is 0 Å². The molecule has 9 heteroatoms. The van der Waals surface area contributed by atoms with Crippen LogP contribution in [-0.2, 0) is 0 Å². The summed E-state index contributed by atoms with van der Waals surface area (Å²) in [4.78, 5) is 13.4. The van der Waals surface area contributed by atoms with Crippen molar-refractivity contribution in [3.8, 4) is 11.5 Å². The van der Waals surface area contributed by atoms with Gasteiger partial charge in [0.1, 0.15) is 11.2 Å². The zero-order chi connectivity index (χ0) is 21.4. The van der Waals surface area contributed by atoms with Crippen LogP contribution in [0.25, 0.3) is 10.2 Å². The molecule has 1 aromatic carbocycles. The Labute approximate surface area is 206 Å². The van der Waals surface area contributed by atoms with Crippen LogP contribution >= 0.6 is 57.5 Å². The van der Waals surface area contributed by atoms with Gasteiger partial charge in [0.2, 0.25) is 0 Å². The van der Waals surface area contributed by atoms with E-state index in [0.29, 0.717) is 11.6 Å². The number of nitrogens with two attached hydrogens (primary N) is 1. The molecule has 156 valence electrons. The van der Waals surface area contributed by atoms with Crippen molar-refractivity contribution >= 4 is 73.5 Å². The predicted octanol–water partition coefficient (Wildman–Crippen LogP) is 6.90. The molecule has 1 aliphatic heterocycles. The van der Waals surface area contributed by atoms with Crippen molar-refractivity contribution < 1.29 is 4.74 Å². The second-order valence-electron chi connectivity index (χ2n) is 6.74. The number of aromatic nitrogens is 2. The van der Waals surface area contributed by atoms with Gasteiger partial charge in [-0.25, -0.2) is 4.98 Å². The standard InChI is InChI=1S/C22H17IN4OS3/c1-13-12-29-22(24)27(13)21-17(28-14-5-3-2-4-6-14)9-15(11-26-21)30-18-7-8-25-16-10-19(23)31-20(16)18/h2-12,22H,24H2,1H3. The van der Waals surface area contributed by atoms with Crippen LogP contribution in [0.3, 0.4) is 0 Å². The molecule has 5 rings (SSSR count). The number of benzene rings is 1. The van der Waals surface area contributed by atoms with Crippen molar-refractivity contribution in [2.75, 3.05) is 4.90 Å². The number of thioether (sulfide) groups is 1. The number of halogens is 1. The number of hydrogen-bond donors (Lipinski definition) is 1. The van der Waals surface area contributed by atoms with Gasteiger partial charge in [0.25, 0.3) is 0 Å². The van der Waals surface area contributed by atoms with Crippen LogP contribution in [0.2, 0.25) is 0 Å². The second kappa shape index (κ2) is 8.99. The van der Waals surface area contributed by atoms with Gasteiger partial charge in [-0.15, -0.1) is 11.3 Å². The third-order valence-electron chi connectivity index (χ3n) is 4.59. The van der Waals surface area contributed by atoms with Crippen LogP contribution < -0.4 is 15.4 Å². The van der Waals surface area contributed by atoms with E-state index in [1.54, 1.807) is 34.9 Å². The third kappa shape index (κ3) is 4.42. The normalized spacial score (nSPS) is 16.0. The molecule has 0 amide bonds. The Morgan fingerprint density at radius 2 is 2.00 bits per heavy atom. The average Bonchev–Trinajstić information content (AvgIpc) is 3.31. The zero-order valence-electron chi connectivity index (χ0n) is 16.4. The smallest absolute Gasteiger partial charge is 0.178 e. The third-order valence-corrected chi connectivity index (χ3v) is 8.63. The van der Waals surface area contributed by atoms with Crippen molar-refractivity contribution in [2.45, 2.75) is 22.2 Å². The first-order valence-electron chi connectivity index (χ1n) is 9.40. The van der Waals surface area contributed by atoms with Crippen molar-refractivity contribution in [1.82, 2.24) is 9.97 Å². The summed E-state index contributed by atoms with van der Waals surface area (Å²) < 4.78 is 8.67. The first-order valence-corrected chi connectivity index (χ1v) is 13.1. The molecule has 1 atom stereocenters. The number of thiophene rings is 1. The highest BCUT2D eigenvalue weighted by Crippen LogP contribution is 2.43. The van der Waals surface area contributed by atoms with Crippen LogP contribution in [0.1, 0.15) is 6.92 Å². The Bertz CT molecular complexity index is 1280. The summed E-state index contributed by atoms with van der Waals surface area (Å²) in [5.41, 5.74) is 8.16. The van der Waals surface area contributed by atoms with Crippen molar-refractivity contribution in [3.05, 3.63) is 74.9 Å². The molecule has 0 fully saturated rings. The lowest BCUT2D eigenvalue weighted by molar-refractivity contribution is 0.478. The van der Waals surface area contributed by atoms with Gasteiger partial charge in [0, 0.05) is 33.9 Å². The molecule has 0 spiro atoms. The minimum absolute atomic E-state index is 0.225. The maximum atomic E-state index is 6.32. The van der Waals surface area contributed by atoms with E-state index in [4.69, 9.17) is 15.5 Å². The molecule has 1 unspecified atom stereocenters. The van der Waals surface area contributed by atoms with Crippen molar-refractivity contribution in [2.24, 2.45) is 5.73 Å². The largest absolute Gasteiger partial charge is 0.453 e. The molecular weight excluding hydrogens is 559 g/mol. The Morgan fingerprint density at radius 1 is 1.16 bits per heavy atom. The SMILES string of the molecule is CC1=CSC(N)N1c1ncc(Sc2ccnc3cc(I)sc23)cc1Oc1ccccc1. The Morgan fingerprint density at radius 3 is 2.77 bits per heavy atom. The molecule has 0 aliphatic carbocycles. The number of para-hydroxylation sites is 1. The molecule has 0 saturated heterocycles. The zero-order valence-corrected chi connectivity index (χ0v) is 21.0. The van der Waals surface area contributed by atoms with Gasteiger partial charge in [0.05, 0.1) is 13.1 Å². The quantitative estimate of drug-likeness (QED) is 0.260. The number of pyridine rings is 2. The molecule has 31 heavy (non-hydrogen) atoms. The van der Waals surface area contributed by atoms with Crippen LogP contribution in [0.5, 0.6) is 11.5 Å². The maximum absolute atomic E-state index is 6.32. The minimum Gasteiger partial charge on any atom is -0.453 e. The number of allylic oxidation sites excluding steroid dienone is 1. The summed E-state index contributed by atoms with van der Waals surface area (Å²) in [6.45, 7) is 2.03. The van der Waals surface area contributed by atoms with E-state index in [0.717, 1.165) is 26.8 Å². The fourth-order valence-electron chi connectivity index (χ4n) is 3.21. The van der Waals surface area contributed by atoms with Gasteiger partial charge < -0.3 is 15.4 Å². The number of anilines is 1. The maximum Gasteiger partial charge on any atom is 0.178 e. The Kier molecular flexibility index (Phi) is 6.11. The molecule has 4 heterocycles. The molecule has 0 saturated carbocycles. The van der Waals surface area contributed by atoms with E-state index in [-0.39, 0.29) is 5.50 Å². The predicted molar refractivity (Wildman–Crippen MR) is 139 cm³/mol. The van der Waals surface area contributed by atoms with E-state index in [1.807, 2.05) is 72.1 Å². The summed E-state index contributed by atoms with van der Waals surface area (Å²) in [5.74, 6) is 2.15. The summed E-state index contributed by atoms with van der Waals surface area (Å²) in [6.07, 6.45) is 3.73. The molecule has 3 aromatic heterocycles. The Balaban J connectivity index is 1.54. The molecule has 5 nitrogen and oxygen atoms in total. The van der Waals surface area contributed by atoms with E-state index in [1.165, 1.54) is 7.58 Å². The van der Waals surface area contributed by atoms with Gasteiger partial charge in [0.15, 0.2) is 11.6 Å². The minimum atomic E-state index is -0.225. The van der Waals surface area contributed by atoms with E-state index in [9.17, 15) is 0 Å². The lowest BCUT2D eigenvalue weighted by atomic mass is 10.3. The first kappa shape index (κ1) is 21.1. The highest BCUT2D eigenvalue weighted by molar-refractivity contribution is 14.1. The molecule has 2 N–H and O–H groups in total. The summed E-state index contributed by atoms with van der Waals surface area (Å²) in [5, 5.41) is 2.05. The number of fused-ring (bicyclic) bond motifs is 1. The monoisotopic (exact) mass is 576 g/mol. The Hall–Kier alpha value is -1.79. The number of hydrogen-bond acceptors (Lipinski definition) is 8. The number of rotatable bonds is 5. The van der Waals surface area contributed by atoms with Crippen LogP contribution in [0.15, 0.2) is 81.8 Å². The van der Waals surface area contributed by atoms with Gasteiger partial charge in [-0.2, -0.15) is 0 Å². The topological polar surface area (TPSA) is 64.3 Å². The van der Waals surface area contributed by atoms with Gasteiger partial charge in [-0.3, -0.25) is 4.98 Å². The average molecular weight is 577 g/mol. The molecule has 1 aliphatic rings. The lowest BCUT2D eigenvalue weighted by Crippen LogP contribution is -2.35. The highest BCUT2D eigenvalue weighted by atomic mass is 127. The fraction of sp³-hybridized carbons (Fsp3) is 0.0909. The van der Waals surface area contributed by atoms with Crippen LogP contribution in [-0.4, -0.2) is 15.5 Å². The van der Waals surface area contributed by atoms with E-state index < -0.39 is 0 Å².